The second-order valence-corrected chi connectivity index (χ2v) is 5.27. The highest BCUT2D eigenvalue weighted by molar-refractivity contribution is 9.10. The Hall–Kier alpha value is -1.37. The van der Waals surface area contributed by atoms with E-state index in [1.807, 2.05) is 20.8 Å². The van der Waals surface area contributed by atoms with Crippen LogP contribution in [0.4, 0.5) is 5.69 Å². The minimum atomic E-state index is -0.198. The van der Waals surface area contributed by atoms with Gasteiger partial charge in [0.2, 0.25) is 5.91 Å². The summed E-state index contributed by atoms with van der Waals surface area (Å²) in [6, 6.07) is 0.0911. The zero-order valence-electron chi connectivity index (χ0n) is 11.4. The van der Waals surface area contributed by atoms with Crippen LogP contribution in [0.5, 0.6) is 0 Å². The molecule has 6 nitrogen and oxygen atoms in total. The van der Waals surface area contributed by atoms with Gasteiger partial charge < -0.3 is 10.6 Å². The smallest absolute Gasteiger partial charge is 0.283 e. The molecule has 1 heterocycles. The van der Waals surface area contributed by atoms with Gasteiger partial charge in [0.05, 0.1) is 18.4 Å². The maximum atomic E-state index is 11.9. The molecule has 0 aliphatic rings. The van der Waals surface area contributed by atoms with Crippen LogP contribution in [-0.4, -0.2) is 28.3 Å². The number of amides is 1. The highest BCUT2D eigenvalue weighted by Crippen LogP contribution is 2.15. The van der Waals surface area contributed by atoms with Gasteiger partial charge in [-0.2, -0.15) is 5.10 Å². The quantitative estimate of drug-likeness (QED) is 0.825. The van der Waals surface area contributed by atoms with Crippen LogP contribution in [0.25, 0.3) is 0 Å². The Morgan fingerprint density at radius 3 is 2.79 bits per heavy atom. The average Bonchev–Trinajstić information content (AvgIpc) is 2.33. The average molecular weight is 331 g/mol. The van der Waals surface area contributed by atoms with E-state index in [1.54, 1.807) is 6.20 Å². The van der Waals surface area contributed by atoms with Crippen molar-refractivity contribution >= 4 is 27.5 Å². The second-order valence-electron chi connectivity index (χ2n) is 4.48. The first-order valence-corrected chi connectivity index (χ1v) is 7.03. The molecule has 0 aromatic carbocycles. The van der Waals surface area contributed by atoms with Crippen molar-refractivity contribution in [1.29, 1.82) is 0 Å². The molecule has 1 aromatic rings. The van der Waals surface area contributed by atoms with Crippen molar-refractivity contribution in [1.82, 2.24) is 15.1 Å². The van der Waals surface area contributed by atoms with Gasteiger partial charge in [-0.1, -0.05) is 6.92 Å². The topological polar surface area (TPSA) is 76.0 Å². The van der Waals surface area contributed by atoms with Gasteiger partial charge >= 0.3 is 0 Å². The lowest BCUT2D eigenvalue weighted by Crippen LogP contribution is -2.35. The molecule has 0 unspecified atom stereocenters. The largest absolute Gasteiger partial charge is 0.374 e. The van der Waals surface area contributed by atoms with Crippen LogP contribution in [0.15, 0.2) is 15.5 Å². The first kappa shape index (κ1) is 15.7. The van der Waals surface area contributed by atoms with Crippen LogP contribution >= 0.6 is 15.9 Å². The molecule has 0 saturated heterocycles. The summed E-state index contributed by atoms with van der Waals surface area (Å²) < 4.78 is 1.79. The molecule has 2 N–H and O–H groups in total. The van der Waals surface area contributed by atoms with Crippen LogP contribution in [0.1, 0.15) is 27.2 Å². The van der Waals surface area contributed by atoms with E-state index in [-0.39, 0.29) is 24.1 Å². The third-order valence-corrected chi connectivity index (χ3v) is 3.08. The zero-order chi connectivity index (χ0) is 14.4. The van der Waals surface area contributed by atoms with Crippen LogP contribution in [0.3, 0.4) is 0 Å². The molecule has 0 radical (unpaired) electrons. The summed E-state index contributed by atoms with van der Waals surface area (Å²) in [4.78, 5) is 23.4. The fourth-order valence-corrected chi connectivity index (χ4v) is 1.96. The van der Waals surface area contributed by atoms with Crippen LogP contribution in [-0.2, 0) is 11.3 Å². The van der Waals surface area contributed by atoms with Crippen molar-refractivity contribution in [3.63, 3.8) is 0 Å². The maximum absolute atomic E-state index is 11.9. The van der Waals surface area contributed by atoms with Crippen molar-refractivity contribution in [2.45, 2.75) is 39.8 Å². The van der Waals surface area contributed by atoms with Gasteiger partial charge in [-0.15, -0.1) is 0 Å². The number of carbonyl (C=O) groups is 1. The van der Waals surface area contributed by atoms with Crippen molar-refractivity contribution in [3.8, 4) is 0 Å². The summed E-state index contributed by atoms with van der Waals surface area (Å²) in [5, 5.41) is 9.70. The first-order valence-electron chi connectivity index (χ1n) is 6.24. The Kier molecular flexibility index (Phi) is 6.01. The SMILES string of the molecule is CCCn1ncc(NCC(=O)NC(C)C)c(Br)c1=O. The number of hydrogen-bond donors (Lipinski definition) is 2. The number of nitrogens with one attached hydrogen (secondary N) is 2. The molecule has 106 valence electrons. The predicted octanol–water partition coefficient (Wildman–Crippen LogP) is 1.35. The third-order valence-electron chi connectivity index (χ3n) is 2.31. The summed E-state index contributed by atoms with van der Waals surface area (Å²) in [5.74, 6) is -0.125. The van der Waals surface area contributed by atoms with E-state index in [0.29, 0.717) is 16.7 Å². The Bertz CT molecular complexity index is 499. The number of nitrogens with zero attached hydrogens (tertiary/aromatic N) is 2. The maximum Gasteiger partial charge on any atom is 0.283 e. The van der Waals surface area contributed by atoms with E-state index in [1.165, 1.54) is 4.68 Å². The standard InChI is InChI=1S/C12H19BrN4O2/c1-4-5-17-12(19)11(13)9(6-15-17)14-7-10(18)16-8(2)3/h6,8,14H,4-5,7H2,1-3H3,(H,16,18). The second kappa shape index (κ2) is 7.28. The summed E-state index contributed by atoms with van der Waals surface area (Å²) >= 11 is 3.23. The Morgan fingerprint density at radius 2 is 2.21 bits per heavy atom. The molecule has 0 atom stereocenters. The summed E-state index contributed by atoms with van der Waals surface area (Å²) in [5.41, 5.74) is 0.326. The van der Waals surface area contributed by atoms with Gasteiger partial charge in [0, 0.05) is 12.6 Å². The lowest BCUT2D eigenvalue weighted by atomic mass is 10.4. The minimum Gasteiger partial charge on any atom is -0.374 e. The van der Waals surface area contributed by atoms with Crippen molar-refractivity contribution in [2.75, 3.05) is 11.9 Å². The Morgan fingerprint density at radius 1 is 1.53 bits per heavy atom. The number of carbonyl (C=O) groups excluding carboxylic acids is 1. The molecule has 0 saturated carbocycles. The van der Waals surface area contributed by atoms with E-state index in [0.717, 1.165) is 6.42 Å². The molecule has 0 aliphatic heterocycles. The molecule has 0 aliphatic carbocycles. The molecule has 7 heteroatoms. The molecule has 0 fully saturated rings. The lowest BCUT2D eigenvalue weighted by molar-refractivity contribution is -0.119. The minimum absolute atomic E-state index is 0.0911. The van der Waals surface area contributed by atoms with E-state index in [9.17, 15) is 9.59 Å². The normalized spacial score (nSPS) is 10.6. The van der Waals surface area contributed by atoms with Crippen molar-refractivity contribution in [3.05, 3.63) is 21.0 Å². The zero-order valence-corrected chi connectivity index (χ0v) is 13.0. The van der Waals surface area contributed by atoms with Gasteiger partial charge in [0.1, 0.15) is 4.47 Å². The van der Waals surface area contributed by atoms with Crippen LogP contribution < -0.4 is 16.2 Å². The monoisotopic (exact) mass is 330 g/mol. The van der Waals surface area contributed by atoms with E-state index in [4.69, 9.17) is 0 Å². The summed E-state index contributed by atoms with van der Waals surface area (Å²) in [7, 11) is 0. The van der Waals surface area contributed by atoms with Crippen LogP contribution in [0, 0.1) is 0 Å². The van der Waals surface area contributed by atoms with E-state index < -0.39 is 0 Å². The molecule has 0 bridgehead atoms. The van der Waals surface area contributed by atoms with Gasteiger partial charge in [-0.3, -0.25) is 9.59 Å². The van der Waals surface area contributed by atoms with Gasteiger partial charge in [-0.05, 0) is 36.2 Å². The van der Waals surface area contributed by atoms with E-state index in [2.05, 4.69) is 31.7 Å². The number of hydrogen-bond acceptors (Lipinski definition) is 4. The summed E-state index contributed by atoms with van der Waals surface area (Å²) in [6.07, 6.45) is 2.38. The van der Waals surface area contributed by atoms with Gasteiger partial charge in [0.25, 0.3) is 5.56 Å². The van der Waals surface area contributed by atoms with Crippen LogP contribution in [0.2, 0.25) is 0 Å². The van der Waals surface area contributed by atoms with Gasteiger partial charge in [-0.25, -0.2) is 4.68 Å². The highest BCUT2D eigenvalue weighted by Gasteiger charge is 2.09. The molecule has 0 spiro atoms. The molecule has 1 rings (SSSR count). The number of anilines is 1. The lowest BCUT2D eigenvalue weighted by Gasteiger charge is -2.11. The number of aryl methyl sites for hydroxylation is 1. The first-order chi connectivity index (χ1) is 8.95. The van der Waals surface area contributed by atoms with Crippen molar-refractivity contribution < 1.29 is 4.79 Å². The number of aromatic nitrogens is 2. The number of halogens is 1. The Balaban J connectivity index is 2.73. The summed E-state index contributed by atoms with van der Waals surface area (Å²) in [6.45, 7) is 6.44. The van der Waals surface area contributed by atoms with Gasteiger partial charge in [0.15, 0.2) is 0 Å². The third kappa shape index (κ3) is 4.66. The Labute approximate surface area is 120 Å². The predicted molar refractivity (Wildman–Crippen MR) is 78.3 cm³/mol. The molecular formula is C12H19BrN4O2. The molecular weight excluding hydrogens is 312 g/mol. The molecule has 19 heavy (non-hydrogen) atoms. The highest BCUT2D eigenvalue weighted by atomic mass is 79.9. The fourth-order valence-electron chi connectivity index (χ4n) is 1.51. The fraction of sp³-hybridized carbons (Fsp3) is 0.583. The molecule has 1 aromatic heterocycles. The van der Waals surface area contributed by atoms with E-state index >= 15 is 0 Å². The number of rotatable bonds is 6. The van der Waals surface area contributed by atoms with Crippen molar-refractivity contribution in [2.24, 2.45) is 0 Å². The molecule has 1 amide bonds.